The summed E-state index contributed by atoms with van der Waals surface area (Å²) in [5, 5.41) is 9.85. The lowest BCUT2D eigenvalue weighted by Crippen LogP contribution is -2.45. The van der Waals surface area contributed by atoms with Gasteiger partial charge in [-0.1, -0.05) is 61.4 Å². The molecule has 2 aromatic carbocycles. The van der Waals surface area contributed by atoms with Gasteiger partial charge in [-0.3, -0.25) is 14.7 Å². The van der Waals surface area contributed by atoms with Gasteiger partial charge >= 0.3 is 0 Å². The van der Waals surface area contributed by atoms with Crippen molar-refractivity contribution in [2.75, 3.05) is 6.61 Å². The van der Waals surface area contributed by atoms with E-state index in [-0.39, 0.29) is 18.1 Å². The Labute approximate surface area is 183 Å². The summed E-state index contributed by atoms with van der Waals surface area (Å²) >= 11 is 0. The lowest BCUT2D eigenvalue weighted by Gasteiger charge is -2.18. The summed E-state index contributed by atoms with van der Waals surface area (Å²) in [5.74, 6) is 0.227. The number of aromatic amines is 1. The number of unbranched alkanes of at least 4 members (excludes halogenated alkanes) is 1. The van der Waals surface area contributed by atoms with Crippen molar-refractivity contribution < 1.29 is 14.3 Å². The van der Waals surface area contributed by atoms with E-state index in [1.54, 1.807) is 6.07 Å². The van der Waals surface area contributed by atoms with Crippen LogP contribution < -0.4 is 10.1 Å². The highest BCUT2D eigenvalue weighted by Gasteiger charge is 2.23. The number of ether oxygens (including phenoxy) is 1. The third-order valence-electron chi connectivity index (χ3n) is 5.01. The second kappa shape index (κ2) is 11.1. The van der Waals surface area contributed by atoms with Crippen LogP contribution in [0.4, 0.5) is 0 Å². The molecule has 0 aliphatic carbocycles. The van der Waals surface area contributed by atoms with E-state index < -0.39 is 11.9 Å². The van der Waals surface area contributed by atoms with Gasteiger partial charge in [0.2, 0.25) is 0 Å². The molecule has 0 aliphatic rings. The molecule has 0 spiro atoms. The molecule has 0 bridgehead atoms. The number of nitrogens with zero attached hydrogens (tertiary/aromatic N) is 1. The molecule has 2 N–H and O–H groups in total. The van der Waals surface area contributed by atoms with Crippen LogP contribution in [0.25, 0.3) is 0 Å². The van der Waals surface area contributed by atoms with Gasteiger partial charge < -0.3 is 10.1 Å². The molecule has 3 aromatic rings. The average Bonchev–Trinajstić information content (AvgIpc) is 3.25. The fourth-order valence-electron chi connectivity index (χ4n) is 3.16. The zero-order chi connectivity index (χ0) is 22.1. The molecule has 1 unspecified atom stereocenters. The monoisotopic (exact) mass is 419 g/mol. The zero-order valence-corrected chi connectivity index (χ0v) is 18.1. The number of aryl methyl sites for hydroxylation is 1. The first-order chi connectivity index (χ1) is 15.0. The Bertz CT molecular complexity index is 981. The highest BCUT2D eigenvalue weighted by molar-refractivity contribution is 5.96. The van der Waals surface area contributed by atoms with E-state index >= 15 is 0 Å². The molecule has 0 fully saturated rings. The van der Waals surface area contributed by atoms with Crippen molar-refractivity contribution in [2.45, 2.75) is 45.6 Å². The lowest BCUT2D eigenvalue weighted by molar-refractivity contribution is -0.121. The second-order valence-corrected chi connectivity index (χ2v) is 7.66. The predicted molar refractivity (Wildman–Crippen MR) is 120 cm³/mol. The largest absolute Gasteiger partial charge is 0.491 e. The Morgan fingerprint density at radius 2 is 1.84 bits per heavy atom. The van der Waals surface area contributed by atoms with Crippen LogP contribution in [0.2, 0.25) is 0 Å². The van der Waals surface area contributed by atoms with E-state index in [1.165, 1.54) is 5.56 Å². The average molecular weight is 420 g/mol. The van der Waals surface area contributed by atoms with Crippen LogP contribution >= 0.6 is 0 Å². The Balaban J connectivity index is 1.63. The highest BCUT2D eigenvalue weighted by Crippen LogP contribution is 2.12. The van der Waals surface area contributed by atoms with Crippen LogP contribution in [-0.4, -0.2) is 34.5 Å². The highest BCUT2D eigenvalue weighted by atomic mass is 16.5. The van der Waals surface area contributed by atoms with E-state index in [1.807, 2.05) is 44.2 Å². The number of benzene rings is 2. The van der Waals surface area contributed by atoms with Gasteiger partial charge in [0.05, 0.1) is 0 Å². The molecule has 1 heterocycles. The normalized spacial score (nSPS) is 11.7. The first-order valence-corrected chi connectivity index (χ1v) is 10.7. The van der Waals surface area contributed by atoms with E-state index in [0.29, 0.717) is 18.6 Å². The summed E-state index contributed by atoms with van der Waals surface area (Å²) in [6, 6.07) is 18.5. The molecule has 1 atom stereocenters. The summed E-state index contributed by atoms with van der Waals surface area (Å²) in [6.45, 7) is 4.15. The van der Waals surface area contributed by atoms with Crippen LogP contribution in [0.1, 0.15) is 53.5 Å². The first kappa shape index (κ1) is 22.3. The minimum Gasteiger partial charge on any atom is -0.491 e. The molecular weight excluding hydrogens is 390 g/mol. The Morgan fingerprint density at radius 1 is 1.10 bits per heavy atom. The third-order valence-corrected chi connectivity index (χ3v) is 5.01. The molecule has 6 nitrogen and oxygen atoms in total. The van der Waals surface area contributed by atoms with Gasteiger partial charge in [0, 0.05) is 18.5 Å². The van der Waals surface area contributed by atoms with Crippen molar-refractivity contribution in [3.05, 3.63) is 83.2 Å². The second-order valence-electron chi connectivity index (χ2n) is 7.66. The molecular formula is C25H29N3O3. The summed E-state index contributed by atoms with van der Waals surface area (Å²) in [4.78, 5) is 25.4. The fraction of sp³-hybridized carbons (Fsp3) is 0.320. The number of ketones is 1. The van der Waals surface area contributed by atoms with Gasteiger partial charge in [-0.15, -0.1) is 0 Å². The van der Waals surface area contributed by atoms with E-state index in [0.717, 1.165) is 24.1 Å². The predicted octanol–water partition coefficient (Wildman–Crippen LogP) is 4.25. The van der Waals surface area contributed by atoms with Crippen LogP contribution in [0, 0.1) is 6.92 Å². The number of carbonyl (C=O) groups excluding carboxylic acids is 2. The molecule has 0 radical (unpaired) electrons. The van der Waals surface area contributed by atoms with Gasteiger partial charge in [-0.25, -0.2) is 0 Å². The standard InChI is InChI=1S/C25H29N3O3/c1-3-4-10-24(29)23(17-31-21-8-6-5-7-9-21)26-25(30)22-16-20(27-28-22)15-19-13-11-18(2)12-14-19/h5-9,11-14,16,23H,3-4,10,15,17H2,1-2H3,(H,26,30)(H,27,28). The number of H-pyrrole nitrogens is 1. The van der Waals surface area contributed by atoms with E-state index in [9.17, 15) is 9.59 Å². The lowest BCUT2D eigenvalue weighted by atomic mass is 10.1. The first-order valence-electron chi connectivity index (χ1n) is 10.7. The topological polar surface area (TPSA) is 84.1 Å². The molecule has 1 amide bonds. The molecule has 3 rings (SSSR count). The summed E-state index contributed by atoms with van der Waals surface area (Å²) in [5.41, 5.74) is 3.42. The molecule has 6 heteroatoms. The molecule has 31 heavy (non-hydrogen) atoms. The van der Waals surface area contributed by atoms with Crippen LogP contribution in [0.3, 0.4) is 0 Å². The Hall–Kier alpha value is -3.41. The number of Topliss-reactive ketones (excluding diaryl/α,β-unsaturated/α-hetero) is 1. The van der Waals surface area contributed by atoms with Gasteiger partial charge in [0.25, 0.3) is 5.91 Å². The number of hydrogen-bond donors (Lipinski definition) is 2. The minimum atomic E-state index is -0.725. The molecule has 0 saturated heterocycles. The van der Waals surface area contributed by atoms with Crippen LogP contribution in [0.15, 0.2) is 60.7 Å². The summed E-state index contributed by atoms with van der Waals surface area (Å²) in [7, 11) is 0. The van der Waals surface area contributed by atoms with Crippen molar-refractivity contribution in [3.8, 4) is 5.75 Å². The molecule has 0 saturated carbocycles. The van der Waals surface area contributed by atoms with E-state index in [4.69, 9.17) is 4.74 Å². The number of rotatable bonds is 11. The molecule has 162 valence electrons. The van der Waals surface area contributed by atoms with Crippen molar-refractivity contribution in [1.82, 2.24) is 15.5 Å². The third kappa shape index (κ3) is 6.81. The van der Waals surface area contributed by atoms with Crippen LogP contribution in [0.5, 0.6) is 5.75 Å². The Morgan fingerprint density at radius 3 is 2.55 bits per heavy atom. The van der Waals surface area contributed by atoms with E-state index in [2.05, 4.69) is 39.8 Å². The number of nitrogens with one attached hydrogen (secondary N) is 2. The van der Waals surface area contributed by atoms with Gasteiger partial charge in [-0.05, 0) is 37.1 Å². The SMILES string of the molecule is CCCCC(=O)C(COc1ccccc1)NC(=O)c1cc(Cc2ccc(C)cc2)[nH]n1. The summed E-state index contributed by atoms with van der Waals surface area (Å²) in [6.07, 6.45) is 2.74. The molecule has 1 aromatic heterocycles. The number of amides is 1. The van der Waals surface area contributed by atoms with Crippen molar-refractivity contribution in [3.63, 3.8) is 0 Å². The smallest absolute Gasteiger partial charge is 0.272 e. The van der Waals surface area contributed by atoms with Gasteiger partial charge in [0.1, 0.15) is 24.1 Å². The summed E-state index contributed by atoms with van der Waals surface area (Å²) < 4.78 is 5.74. The number of aromatic nitrogens is 2. The zero-order valence-electron chi connectivity index (χ0n) is 18.1. The fourth-order valence-corrected chi connectivity index (χ4v) is 3.16. The van der Waals surface area contributed by atoms with Gasteiger partial charge in [0.15, 0.2) is 5.78 Å². The quantitative estimate of drug-likeness (QED) is 0.487. The number of carbonyl (C=O) groups is 2. The Kier molecular flexibility index (Phi) is 7.98. The number of para-hydroxylation sites is 1. The number of hydrogen-bond acceptors (Lipinski definition) is 4. The van der Waals surface area contributed by atoms with Gasteiger partial charge in [-0.2, -0.15) is 5.10 Å². The maximum atomic E-state index is 12.8. The van der Waals surface area contributed by atoms with Crippen molar-refractivity contribution >= 4 is 11.7 Å². The molecule has 0 aliphatic heterocycles. The van der Waals surface area contributed by atoms with Crippen LogP contribution in [-0.2, 0) is 11.2 Å². The maximum absolute atomic E-state index is 12.8. The maximum Gasteiger partial charge on any atom is 0.272 e. The van der Waals surface area contributed by atoms with Crippen molar-refractivity contribution in [2.24, 2.45) is 0 Å². The minimum absolute atomic E-state index is 0.0402. The van der Waals surface area contributed by atoms with Crippen molar-refractivity contribution in [1.29, 1.82) is 0 Å².